The minimum Gasteiger partial charge on any atom is -0.0651 e. The van der Waals surface area contributed by atoms with Gasteiger partial charge in [-0.3, -0.25) is 0 Å². The molecule has 0 saturated heterocycles. The quantitative estimate of drug-likeness (QED) is 0.579. The molecule has 0 amide bonds. The standard InChI is InChI=1S/C11H22/c1-5-9(6-2)11-8(4)10(11)7-3/h8-11H,5-7H2,1-4H3. The Balaban J connectivity index is 2.37. The van der Waals surface area contributed by atoms with Crippen LogP contribution in [-0.4, -0.2) is 0 Å². The number of hydrogen-bond acceptors (Lipinski definition) is 0. The van der Waals surface area contributed by atoms with Crippen LogP contribution in [0, 0.1) is 23.7 Å². The van der Waals surface area contributed by atoms with E-state index >= 15 is 0 Å². The van der Waals surface area contributed by atoms with Crippen molar-refractivity contribution < 1.29 is 0 Å². The molecule has 0 aromatic rings. The fraction of sp³-hybridized carbons (Fsp3) is 1.00. The first kappa shape index (κ1) is 9.09. The molecule has 3 unspecified atom stereocenters. The SMILES string of the molecule is CCC(CC)C1C(C)C1CC. The Bertz CT molecular complexity index is 113. The molecule has 0 aromatic carbocycles. The average Bonchev–Trinajstić information content (AvgIpc) is 2.65. The molecule has 3 atom stereocenters. The molecule has 0 N–H and O–H groups in total. The highest BCUT2D eigenvalue weighted by Crippen LogP contribution is 2.54. The summed E-state index contributed by atoms with van der Waals surface area (Å²) < 4.78 is 0. The molecule has 0 spiro atoms. The van der Waals surface area contributed by atoms with E-state index in [4.69, 9.17) is 0 Å². The summed E-state index contributed by atoms with van der Waals surface area (Å²) in [6.07, 6.45) is 4.19. The van der Waals surface area contributed by atoms with Crippen LogP contribution in [0.5, 0.6) is 0 Å². The second kappa shape index (κ2) is 3.60. The molecule has 1 aliphatic carbocycles. The normalized spacial score (nSPS) is 36.3. The molecule has 0 heteroatoms. The molecule has 0 aromatic heterocycles. The maximum atomic E-state index is 2.43. The third-order valence-corrected chi connectivity index (χ3v) is 3.70. The first-order chi connectivity index (χ1) is 5.26. The maximum Gasteiger partial charge on any atom is -0.0327 e. The minimum absolute atomic E-state index is 1.02. The van der Waals surface area contributed by atoms with Crippen molar-refractivity contribution >= 4 is 0 Å². The highest BCUT2D eigenvalue weighted by molar-refractivity contribution is 4.96. The van der Waals surface area contributed by atoms with E-state index in [2.05, 4.69) is 27.7 Å². The lowest BCUT2D eigenvalue weighted by Crippen LogP contribution is -2.01. The van der Waals surface area contributed by atoms with Crippen LogP contribution in [0.15, 0.2) is 0 Å². The van der Waals surface area contributed by atoms with Crippen LogP contribution in [0.3, 0.4) is 0 Å². The van der Waals surface area contributed by atoms with Crippen molar-refractivity contribution in [3.8, 4) is 0 Å². The van der Waals surface area contributed by atoms with Crippen LogP contribution < -0.4 is 0 Å². The summed E-state index contributed by atoms with van der Waals surface area (Å²) in [4.78, 5) is 0. The molecular formula is C11H22. The monoisotopic (exact) mass is 154 g/mol. The zero-order chi connectivity index (χ0) is 8.43. The molecule has 1 rings (SSSR count). The Morgan fingerprint density at radius 3 is 1.91 bits per heavy atom. The van der Waals surface area contributed by atoms with E-state index in [9.17, 15) is 0 Å². The van der Waals surface area contributed by atoms with E-state index in [-0.39, 0.29) is 0 Å². The Kier molecular flexibility index (Phi) is 2.98. The second-order valence-corrected chi connectivity index (χ2v) is 4.09. The van der Waals surface area contributed by atoms with Crippen molar-refractivity contribution in [1.82, 2.24) is 0 Å². The van der Waals surface area contributed by atoms with Crippen molar-refractivity contribution in [2.24, 2.45) is 23.7 Å². The van der Waals surface area contributed by atoms with E-state index in [0.29, 0.717) is 0 Å². The van der Waals surface area contributed by atoms with Gasteiger partial charge in [0.25, 0.3) is 0 Å². The minimum atomic E-state index is 1.02. The summed E-state index contributed by atoms with van der Waals surface area (Å²) in [5.41, 5.74) is 0. The van der Waals surface area contributed by atoms with Gasteiger partial charge in [0.05, 0.1) is 0 Å². The third kappa shape index (κ3) is 1.60. The van der Waals surface area contributed by atoms with Crippen molar-refractivity contribution in [3.05, 3.63) is 0 Å². The van der Waals surface area contributed by atoms with E-state index in [1.165, 1.54) is 19.3 Å². The fourth-order valence-electron chi connectivity index (χ4n) is 2.84. The van der Waals surface area contributed by atoms with Crippen LogP contribution in [0.25, 0.3) is 0 Å². The van der Waals surface area contributed by atoms with Gasteiger partial charge in [0.1, 0.15) is 0 Å². The zero-order valence-electron chi connectivity index (χ0n) is 8.43. The van der Waals surface area contributed by atoms with E-state index in [1.807, 2.05) is 0 Å². The summed E-state index contributed by atoms with van der Waals surface area (Å²) in [6, 6.07) is 0. The summed E-state index contributed by atoms with van der Waals surface area (Å²) >= 11 is 0. The topological polar surface area (TPSA) is 0 Å². The molecule has 0 radical (unpaired) electrons. The van der Waals surface area contributed by atoms with Gasteiger partial charge in [-0.2, -0.15) is 0 Å². The molecule has 0 aliphatic heterocycles. The zero-order valence-corrected chi connectivity index (χ0v) is 8.43. The van der Waals surface area contributed by atoms with Crippen LogP contribution in [0.1, 0.15) is 47.0 Å². The second-order valence-electron chi connectivity index (χ2n) is 4.09. The molecule has 0 heterocycles. The van der Waals surface area contributed by atoms with Crippen LogP contribution in [0.2, 0.25) is 0 Å². The van der Waals surface area contributed by atoms with E-state index in [0.717, 1.165) is 23.7 Å². The lowest BCUT2D eigenvalue weighted by atomic mass is 9.95. The highest BCUT2D eigenvalue weighted by Gasteiger charge is 2.47. The van der Waals surface area contributed by atoms with Gasteiger partial charge in [0.2, 0.25) is 0 Å². The molecule has 0 bridgehead atoms. The molecule has 1 aliphatic rings. The summed E-state index contributed by atoms with van der Waals surface area (Å²) in [7, 11) is 0. The smallest absolute Gasteiger partial charge is 0.0327 e. The molecule has 66 valence electrons. The molecule has 1 saturated carbocycles. The summed E-state index contributed by atoms with van der Waals surface area (Å²) in [5, 5.41) is 0. The first-order valence-electron chi connectivity index (χ1n) is 5.26. The Morgan fingerprint density at radius 2 is 1.64 bits per heavy atom. The Morgan fingerprint density at radius 1 is 1.09 bits per heavy atom. The number of rotatable bonds is 4. The van der Waals surface area contributed by atoms with Gasteiger partial charge in [-0.1, -0.05) is 47.0 Å². The van der Waals surface area contributed by atoms with Crippen molar-refractivity contribution in [2.75, 3.05) is 0 Å². The number of hydrogen-bond donors (Lipinski definition) is 0. The Hall–Kier alpha value is 0. The predicted octanol–water partition coefficient (Wildman–Crippen LogP) is 3.71. The Labute approximate surface area is 71.4 Å². The first-order valence-corrected chi connectivity index (χ1v) is 5.26. The van der Waals surface area contributed by atoms with Crippen molar-refractivity contribution in [2.45, 2.75) is 47.0 Å². The van der Waals surface area contributed by atoms with Gasteiger partial charge in [0, 0.05) is 0 Å². The van der Waals surface area contributed by atoms with Gasteiger partial charge < -0.3 is 0 Å². The molecule has 11 heavy (non-hydrogen) atoms. The predicted molar refractivity (Wildman–Crippen MR) is 50.5 cm³/mol. The largest absolute Gasteiger partial charge is 0.0651 e. The van der Waals surface area contributed by atoms with Crippen LogP contribution >= 0.6 is 0 Å². The summed E-state index contributed by atoms with van der Waals surface area (Å²) in [6.45, 7) is 9.44. The van der Waals surface area contributed by atoms with Crippen molar-refractivity contribution in [3.63, 3.8) is 0 Å². The van der Waals surface area contributed by atoms with Gasteiger partial charge >= 0.3 is 0 Å². The molecule has 1 fully saturated rings. The highest BCUT2D eigenvalue weighted by atomic mass is 14.5. The summed E-state index contributed by atoms with van der Waals surface area (Å²) in [5.74, 6) is 4.20. The van der Waals surface area contributed by atoms with Crippen LogP contribution in [0.4, 0.5) is 0 Å². The molecule has 0 nitrogen and oxygen atoms in total. The lowest BCUT2D eigenvalue weighted by Gasteiger charge is -2.10. The van der Waals surface area contributed by atoms with Crippen molar-refractivity contribution in [1.29, 1.82) is 0 Å². The van der Waals surface area contributed by atoms with Gasteiger partial charge in [-0.15, -0.1) is 0 Å². The van der Waals surface area contributed by atoms with Gasteiger partial charge in [-0.25, -0.2) is 0 Å². The van der Waals surface area contributed by atoms with Gasteiger partial charge in [0.15, 0.2) is 0 Å². The fourth-order valence-corrected chi connectivity index (χ4v) is 2.84. The molecular weight excluding hydrogens is 132 g/mol. The van der Waals surface area contributed by atoms with E-state index < -0.39 is 0 Å². The maximum absolute atomic E-state index is 2.43. The van der Waals surface area contributed by atoms with Crippen LogP contribution in [-0.2, 0) is 0 Å². The van der Waals surface area contributed by atoms with E-state index in [1.54, 1.807) is 0 Å². The average molecular weight is 154 g/mol. The lowest BCUT2D eigenvalue weighted by molar-refractivity contribution is 0.397. The van der Waals surface area contributed by atoms with Gasteiger partial charge in [-0.05, 0) is 23.7 Å². The third-order valence-electron chi connectivity index (χ3n) is 3.70.